The van der Waals surface area contributed by atoms with E-state index in [-0.39, 0.29) is 0 Å². The Kier molecular flexibility index (Phi) is 6.78. The van der Waals surface area contributed by atoms with Crippen molar-refractivity contribution >= 4 is 0 Å². The van der Waals surface area contributed by atoms with Crippen molar-refractivity contribution in [3.8, 4) is 0 Å². The third kappa shape index (κ3) is 7.28. The van der Waals surface area contributed by atoms with Crippen LogP contribution in [-0.4, -0.2) is 55.6 Å². The van der Waals surface area contributed by atoms with Gasteiger partial charge in [0, 0.05) is 39.3 Å². The van der Waals surface area contributed by atoms with Gasteiger partial charge in [-0.1, -0.05) is 34.6 Å². The highest BCUT2D eigenvalue weighted by Gasteiger charge is 2.23. The molecule has 0 aromatic rings. The summed E-state index contributed by atoms with van der Waals surface area (Å²) in [6, 6.07) is 0. The summed E-state index contributed by atoms with van der Waals surface area (Å²) in [5, 5.41) is 0. The minimum atomic E-state index is 0.392. The molecule has 0 aliphatic carbocycles. The summed E-state index contributed by atoms with van der Waals surface area (Å²) >= 11 is 0. The van der Waals surface area contributed by atoms with E-state index in [2.05, 4.69) is 44.4 Å². The van der Waals surface area contributed by atoms with Crippen LogP contribution >= 0.6 is 0 Å². The molecule has 114 valence electrons. The standard InChI is InChI=1S/C16H35N3/c1-14(2)12-18-6-8-19(9-7-18)13-15(11-17)10-16(3,4)5/h14-15H,6-13,17H2,1-5H3. The van der Waals surface area contributed by atoms with Crippen molar-refractivity contribution in [3.63, 3.8) is 0 Å². The van der Waals surface area contributed by atoms with Crippen molar-refractivity contribution < 1.29 is 0 Å². The minimum absolute atomic E-state index is 0.392. The first-order valence-corrected chi connectivity index (χ1v) is 7.95. The quantitative estimate of drug-likeness (QED) is 0.803. The zero-order chi connectivity index (χ0) is 14.5. The van der Waals surface area contributed by atoms with Crippen molar-refractivity contribution in [1.82, 2.24) is 9.80 Å². The molecule has 0 spiro atoms. The van der Waals surface area contributed by atoms with Gasteiger partial charge in [-0.25, -0.2) is 0 Å². The largest absolute Gasteiger partial charge is 0.330 e. The second-order valence-corrected chi connectivity index (χ2v) is 7.86. The maximum absolute atomic E-state index is 5.95. The molecule has 19 heavy (non-hydrogen) atoms. The summed E-state index contributed by atoms with van der Waals surface area (Å²) in [4.78, 5) is 5.21. The smallest absolute Gasteiger partial charge is 0.0110 e. The second-order valence-electron chi connectivity index (χ2n) is 7.86. The summed E-state index contributed by atoms with van der Waals surface area (Å²) in [5.74, 6) is 1.43. The highest BCUT2D eigenvalue weighted by molar-refractivity contribution is 4.78. The molecule has 1 rings (SSSR count). The van der Waals surface area contributed by atoms with Crippen LogP contribution < -0.4 is 5.73 Å². The molecule has 0 amide bonds. The Hall–Kier alpha value is -0.120. The van der Waals surface area contributed by atoms with Crippen molar-refractivity contribution in [3.05, 3.63) is 0 Å². The minimum Gasteiger partial charge on any atom is -0.330 e. The zero-order valence-electron chi connectivity index (χ0n) is 13.8. The third-order valence-electron chi connectivity index (χ3n) is 3.84. The predicted molar refractivity (Wildman–Crippen MR) is 84.3 cm³/mol. The lowest BCUT2D eigenvalue weighted by Crippen LogP contribution is -2.49. The molecule has 1 fully saturated rings. The molecule has 0 aromatic carbocycles. The van der Waals surface area contributed by atoms with Gasteiger partial charge in [-0.3, -0.25) is 0 Å². The number of rotatable bonds is 6. The molecule has 0 radical (unpaired) electrons. The lowest BCUT2D eigenvalue weighted by molar-refractivity contribution is 0.102. The first-order chi connectivity index (χ1) is 8.80. The average molecular weight is 269 g/mol. The molecular formula is C16H35N3. The van der Waals surface area contributed by atoms with Gasteiger partial charge in [-0.05, 0) is 30.2 Å². The highest BCUT2D eigenvalue weighted by atomic mass is 15.3. The van der Waals surface area contributed by atoms with E-state index >= 15 is 0 Å². The van der Waals surface area contributed by atoms with E-state index in [9.17, 15) is 0 Å². The van der Waals surface area contributed by atoms with Crippen LogP contribution in [0.15, 0.2) is 0 Å². The topological polar surface area (TPSA) is 32.5 Å². The molecule has 1 unspecified atom stereocenters. The fraction of sp³-hybridized carbons (Fsp3) is 1.00. The maximum atomic E-state index is 5.95. The van der Waals surface area contributed by atoms with Crippen molar-refractivity contribution in [2.75, 3.05) is 45.8 Å². The van der Waals surface area contributed by atoms with Gasteiger partial charge in [0.15, 0.2) is 0 Å². The van der Waals surface area contributed by atoms with Crippen LogP contribution in [0.4, 0.5) is 0 Å². The van der Waals surface area contributed by atoms with Gasteiger partial charge in [0.1, 0.15) is 0 Å². The molecular weight excluding hydrogens is 234 g/mol. The maximum Gasteiger partial charge on any atom is 0.0110 e. The number of hydrogen-bond acceptors (Lipinski definition) is 3. The second kappa shape index (κ2) is 7.61. The lowest BCUT2D eigenvalue weighted by Gasteiger charge is -2.38. The van der Waals surface area contributed by atoms with E-state index < -0.39 is 0 Å². The highest BCUT2D eigenvalue weighted by Crippen LogP contribution is 2.24. The van der Waals surface area contributed by atoms with E-state index in [0.29, 0.717) is 11.3 Å². The van der Waals surface area contributed by atoms with E-state index in [4.69, 9.17) is 5.73 Å². The van der Waals surface area contributed by atoms with E-state index in [1.165, 1.54) is 45.7 Å². The van der Waals surface area contributed by atoms with Gasteiger partial charge in [-0.2, -0.15) is 0 Å². The van der Waals surface area contributed by atoms with Gasteiger partial charge in [0.05, 0.1) is 0 Å². The molecule has 1 heterocycles. The van der Waals surface area contributed by atoms with E-state index in [1.807, 2.05) is 0 Å². The number of piperazine rings is 1. The Morgan fingerprint density at radius 3 is 1.79 bits per heavy atom. The van der Waals surface area contributed by atoms with Crippen LogP contribution in [0.25, 0.3) is 0 Å². The van der Waals surface area contributed by atoms with Crippen LogP contribution in [0.3, 0.4) is 0 Å². The first kappa shape index (κ1) is 16.9. The van der Waals surface area contributed by atoms with Crippen molar-refractivity contribution in [2.45, 2.75) is 41.0 Å². The molecule has 2 N–H and O–H groups in total. The van der Waals surface area contributed by atoms with Gasteiger partial charge < -0.3 is 15.5 Å². The Morgan fingerprint density at radius 2 is 1.42 bits per heavy atom. The van der Waals surface area contributed by atoms with Crippen molar-refractivity contribution in [1.29, 1.82) is 0 Å². The molecule has 1 saturated heterocycles. The van der Waals surface area contributed by atoms with E-state index in [0.717, 1.165) is 12.5 Å². The van der Waals surface area contributed by atoms with Gasteiger partial charge in [-0.15, -0.1) is 0 Å². The lowest BCUT2D eigenvalue weighted by atomic mass is 9.84. The van der Waals surface area contributed by atoms with Crippen LogP contribution in [-0.2, 0) is 0 Å². The monoisotopic (exact) mass is 269 g/mol. The molecule has 1 aliphatic heterocycles. The van der Waals surface area contributed by atoms with Crippen LogP contribution in [0, 0.1) is 17.3 Å². The summed E-state index contributed by atoms with van der Waals surface area (Å²) in [5.41, 5.74) is 6.35. The summed E-state index contributed by atoms with van der Waals surface area (Å²) in [6.07, 6.45) is 1.23. The molecule has 0 aromatic heterocycles. The van der Waals surface area contributed by atoms with E-state index in [1.54, 1.807) is 0 Å². The van der Waals surface area contributed by atoms with Gasteiger partial charge >= 0.3 is 0 Å². The SMILES string of the molecule is CC(C)CN1CCN(CC(CN)CC(C)(C)C)CC1. The van der Waals surface area contributed by atoms with Crippen LogP contribution in [0.1, 0.15) is 41.0 Å². The Morgan fingerprint density at radius 1 is 0.947 bits per heavy atom. The number of hydrogen-bond donors (Lipinski definition) is 1. The van der Waals surface area contributed by atoms with Gasteiger partial charge in [0.25, 0.3) is 0 Å². The number of nitrogens with two attached hydrogens (primary N) is 1. The Balaban J connectivity index is 2.31. The molecule has 0 bridgehead atoms. The normalized spacial score (nSPS) is 21.0. The third-order valence-corrected chi connectivity index (χ3v) is 3.84. The summed E-state index contributed by atoms with van der Waals surface area (Å²) in [6.45, 7) is 19.7. The molecule has 1 aliphatic rings. The molecule has 3 nitrogen and oxygen atoms in total. The van der Waals surface area contributed by atoms with Crippen LogP contribution in [0.5, 0.6) is 0 Å². The zero-order valence-corrected chi connectivity index (χ0v) is 13.8. The molecule has 0 saturated carbocycles. The molecule has 1 atom stereocenters. The fourth-order valence-corrected chi connectivity index (χ4v) is 3.12. The molecule has 3 heteroatoms. The first-order valence-electron chi connectivity index (χ1n) is 7.95. The Labute approximate surface area is 120 Å². The van der Waals surface area contributed by atoms with Gasteiger partial charge in [0.2, 0.25) is 0 Å². The number of nitrogens with zero attached hydrogens (tertiary/aromatic N) is 2. The predicted octanol–water partition coefficient (Wildman–Crippen LogP) is 2.27. The summed E-state index contributed by atoms with van der Waals surface area (Å²) in [7, 11) is 0. The van der Waals surface area contributed by atoms with Crippen molar-refractivity contribution in [2.24, 2.45) is 23.0 Å². The summed E-state index contributed by atoms with van der Waals surface area (Å²) < 4.78 is 0. The van der Waals surface area contributed by atoms with Crippen LogP contribution in [0.2, 0.25) is 0 Å². The Bertz CT molecular complexity index is 237. The average Bonchev–Trinajstić information content (AvgIpc) is 2.28. The fourth-order valence-electron chi connectivity index (χ4n) is 3.12.